The van der Waals surface area contributed by atoms with Gasteiger partial charge in [0.05, 0.1) is 25.7 Å². The molecule has 5 unspecified atom stereocenters. The van der Waals surface area contributed by atoms with E-state index in [0.717, 1.165) is 16.4 Å². The molecule has 0 aromatic carbocycles. The van der Waals surface area contributed by atoms with Gasteiger partial charge in [0, 0.05) is 13.0 Å². The summed E-state index contributed by atoms with van der Waals surface area (Å²) in [6.07, 6.45) is 2.58. The summed E-state index contributed by atoms with van der Waals surface area (Å²) < 4.78 is 32.1. The van der Waals surface area contributed by atoms with Crippen molar-refractivity contribution in [3.8, 4) is 0 Å². The lowest BCUT2D eigenvalue weighted by atomic mass is 9.88. The lowest BCUT2D eigenvalue weighted by Gasteiger charge is -2.50. The monoisotopic (exact) mass is 707 g/mol. The van der Waals surface area contributed by atoms with Crippen LogP contribution < -0.4 is 5.32 Å². The lowest BCUT2D eigenvalue weighted by Crippen LogP contribution is -2.64. The van der Waals surface area contributed by atoms with E-state index >= 15 is 0 Å². The number of nitrogens with one attached hydrogen (secondary N) is 1. The molecule has 3 aliphatic heterocycles. The molecule has 0 saturated carbocycles. The fourth-order valence-corrected chi connectivity index (χ4v) is 7.42. The average Bonchev–Trinajstić information content (AvgIpc) is 3.19. The Balaban J connectivity index is 1.67. The molecule has 3 saturated heterocycles. The van der Waals surface area contributed by atoms with Crippen molar-refractivity contribution in [3.05, 3.63) is 22.0 Å². The molecule has 8 atom stereocenters. The maximum absolute atomic E-state index is 12.3. The van der Waals surface area contributed by atoms with Crippen molar-refractivity contribution < 1.29 is 38.1 Å². The first-order chi connectivity index (χ1) is 19.1. The molecule has 3 rings (SSSR count). The van der Waals surface area contributed by atoms with Crippen molar-refractivity contribution in [3.63, 3.8) is 0 Å². The Morgan fingerprint density at radius 1 is 1.22 bits per heavy atom. The van der Waals surface area contributed by atoms with E-state index in [4.69, 9.17) is 23.4 Å². The van der Waals surface area contributed by atoms with Gasteiger partial charge in [-0.05, 0) is 88.4 Å². The minimum absolute atomic E-state index is 0.0183. The molecule has 3 aliphatic rings. The van der Waals surface area contributed by atoms with E-state index in [-0.39, 0.29) is 35.5 Å². The van der Waals surface area contributed by atoms with Crippen LogP contribution in [0.4, 0.5) is 0 Å². The number of allylic oxidation sites excluding steroid dienone is 1. The summed E-state index contributed by atoms with van der Waals surface area (Å²) in [7, 11) is -0.885. The normalized spacial score (nSPS) is 31.5. The third-order valence-corrected chi connectivity index (χ3v) is 13.7. The van der Waals surface area contributed by atoms with E-state index in [1.165, 1.54) is 7.11 Å². The van der Waals surface area contributed by atoms with Crippen LogP contribution in [0.3, 0.4) is 0 Å². The Morgan fingerprint density at radius 3 is 2.56 bits per heavy atom. The first-order valence-electron chi connectivity index (χ1n) is 14.8. The summed E-state index contributed by atoms with van der Waals surface area (Å²) in [5.41, 5.74) is 0. The van der Waals surface area contributed by atoms with Crippen molar-refractivity contribution in [1.82, 2.24) is 5.32 Å². The molecule has 0 spiro atoms. The zero-order chi connectivity index (χ0) is 30.5. The van der Waals surface area contributed by atoms with Gasteiger partial charge in [-0.15, -0.1) is 0 Å². The number of amides is 1. The van der Waals surface area contributed by atoms with Crippen LogP contribution in [-0.4, -0.2) is 81.7 Å². The number of rotatable bonds is 12. The molecular weight excluding hydrogens is 657 g/mol. The van der Waals surface area contributed by atoms with Gasteiger partial charge >= 0.3 is 5.97 Å². The molecule has 1 amide bonds. The minimum atomic E-state index is -2.26. The van der Waals surface area contributed by atoms with Gasteiger partial charge in [-0.2, -0.15) is 0 Å². The molecule has 2 N–H and O–H groups in total. The summed E-state index contributed by atoms with van der Waals surface area (Å²) in [5, 5.41) is 14.1. The third-order valence-electron chi connectivity index (χ3n) is 8.77. The van der Waals surface area contributed by atoms with E-state index in [2.05, 4.69) is 75.3 Å². The van der Waals surface area contributed by atoms with Gasteiger partial charge in [-0.25, -0.2) is 0 Å². The van der Waals surface area contributed by atoms with Crippen LogP contribution in [-0.2, 0) is 33.0 Å². The molecule has 0 radical (unpaired) electrons. The van der Waals surface area contributed by atoms with Crippen molar-refractivity contribution in [1.29, 1.82) is 0 Å². The number of carbonyl (C=O) groups is 2. The Morgan fingerprint density at radius 2 is 1.93 bits per heavy atom. The number of carbonyl (C=O) groups excluding carboxylic acids is 2. The van der Waals surface area contributed by atoms with Crippen LogP contribution in [0.15, 0.2) is 22.0 Å². The number of ether oxygens (including phenoxy) is 4. The second-order valence-corrected chi connectivity index (χ2v) is 19.5. The standard InChI is InChI=1S/C30H50INO8Si/c1-18(16-19(2)31)11-14-23(33)32-15-9-10-21-25(35)27-28(38-21)29(40-41(7,8)30(3,4)5)26-22(39-27)13-12-20(37-26)17-24(34)36-6/h10,18,20,22,25-29,35H,2,9,11-17H2,1,3-8H3,(H,32,33)/b21-10+/t18-,20?,22+,25?,26+,27?,28?,29?/m1/s1. The third kappa shape index (κ3) is 9.25. The number of aliphatic hydroxyl groups is 1. The highest BCUT2D eigenvalue weighted by Gasteiger charge is 2.58. The van der Waals surface area contributed by atoms with Crippen molar-refractivity contribution in [2.75, 3.05) is 13.7 Å². The molecule has 11 heteroatoms. The number of hydrogen-bond donors (Lipinski definition) is 2. The van der Waals surface area contributed by atoms with E-state index < -0.39 is 38.8 Å². The molecule has 3 heterocycles. The highest BCUT2D eigenvalue weighted by Crippen LogP contribution is 2.45. The fraction of sp³-hybridized carbons (Fsp3) is 0.800. The number of esters is 1. The zero-order valence-corrected chi connectivity index (χ0v) is 28.9. The van der Waals surface area contributed by atoms with E-state index in [0.29, 0.717) is 43.9 Å². The zero-order valence-electron chi connectivity index (χ0n) is 25.7. The Kier molecular flexibility index (Phi) is 12.3. The average molecular weight is 708 g/mol. The maximum Gasteiger partial charge on any atom is 0.308 e. The topological polar surface area (TPSA) is 113 Å². The lowest BCUT2D eigenvalue weighted by molar-refractivity contribution is -0.255. The first kappa shape index (κ1) is 34.5. The molecule has 41 heavy (non-hydrogen) atoms. The Bertz CT molecular complexity index is 967. The van der Waals surface area contributed by atoms with Gasteiger partial charge < -0.3 is 33.8 Å². The fourth-order valence-electron chi connectivity index (χ4n) is 5.37. The number of hydrogen-bond acceptors (Lipinski definition) is 8. The van der Waals surface area contributed by atoms with Crippen LogP contribution in [0.5, 0.6) is 0 Å². The van der Waals surface area contributed by atoms with Crippen LogP contribution >= 0.6 is 22.6 Å². The van der Waals surface area contributed by atoms with Gasteiger partial charge in [0.1, 0.15) is 30.2 Å². The summed E-state index contributed by atoms with van der Waals surface area (Å²) in [4.78, 5) is 24.3. The SMILES string of the molecule is C=C(I)C[C@H](C)CCC(=O)NCC/C=C1/OC2C(O[C@H]3CCC(CC(=O)OC)O[C@@H]3C2O[Si](C)(C)C(C)(C)C)C1O. The summed E-state index contributed by atoms with van der Waals surface area (Å²) >= 11 is 2.23. The van der Waals surface area contributed by atoms with Crippen LogP contribution in [0, 0.1) is 5.92 Å². The minimum Gasteiger partial charge on any atom is -0.487 e. The number of methoxy groups -OCH3 is 1. The molecule has 234 valence electrons. The molecule has 9 nitrogen and oxygen atoms in total. The predicted molar refractivity (Wildman–Crippen MR) is 168 cm³/mol. The smallest absolute Gasteiger partial charge is 0.308 e. The van der Waals surface area contributed by atoms with Crippen molar-refractivity contribution in [2.24, 2.45) is 5.92 Å². The van der Waals surface area contributed by atoms with Crippen molar-refractivity contribution >= 4 is 42.8 Å². The van der Waals surface area contributed by atoms with E-state index in [1.807, 2.05) is 6.08 Å². The second-order valence-electron chi connectivity index (χ2n) is 13.2. The largest absolute Gasteiger partial charge is 0.487 e. The van der Waals surface area contributed by atoms with Crippen molar-refractivity contribution in [2.45, 2.75) is 134 Å². The van der Waals surface area contributed by atoms with Gasteiger partial charge in [0.25, 0.3) is 0 Å². The molecular formula is C30H50INO8Si. The maximum atomic E-state index is 12.3. The second kappa shape index (κ2) is 14.7. The Hall–Kier alpha value is -0.993. The highest BCUT2D eigenvalue weighted by molar-refractivity contribution is 14.1. The van der Waals surface area contributed by atoms with Gasteiger partial charge in [-0.3, -0.25) is 9.59 Å². The molecule has 3 fully saturated rings. The molecule has 0 bridgehead atoms. The summed E-state index contributed by atoms with van der Waals surface area (Å²) in [6, 6.07) is 0. The Labute approximate surface area is 260 Å². The van der Waals surface area contributed by atoms with Gasteiger partial charge in [-0.1, -0.05) is 34.3 Å². The van der Waals surface area contributed by atoms with Gasteiger partial charge in [0.15, 0.2) is 14.4 Å². The highest BCUT2D eigenvalue weighted by atomic mass is 127. The summed E-state index contributed by atoms with van der Waals surface area (Å²) in [5.74, 6) is 0.570. The van der Waals surface area contributed by atoms with Crippen LogP contribution in [0.25, 0.3) is 0 Å². The quantitative estimate of drug-likeness (QED) is 0.124. The number of aliphatic hydroxyl groups excluding tert-OH is 1. The number of fused-ring (bicyclic) bond motifs is 2. The van der Waals surface area contributed by atoms with Crippen LogP contribution in [0.2, 0.25) is 18.1 Å². The predicted octanol–water partition coefficient (Wildman–Crippen LogP) is 5.16. The van der Waals surface area contributed by atoms with E-state index in [9.17, 15) is 14.7 Å². The molecule has 0 aromatic heterocycles. The van der Waals surface area contributed by atoms with Gasteiger partial charge in [0.2, 0.25) is 5.91 Å². The first-order valence-corrected chi connectivity index (χ1v) is 18.8. The number of halogens is 1. The summed E-state index contributed by atoms with van der Waals surface area (Å²) in [6.45, 7) is 17.4. The molecule has 0 aliphatic carbocycles. The molecule has 0 aromatic rings. The van der Waals surface area contributed by atoms with E-state index in [1.54, 1.807) is 0 Å². The van der Waals surface area contributed by atoms with Crippen LogP contribution in [0.1, 0.15) is 72.6 Å².